The van der Waals surface area contributed by atoms with Crippen LogP contribution in [0.25, 0.3) is 0 Å². The molecule has 0 saturated heterocycles. The molecule has 1 unspecified atom stereocenters. The number of rotatable bonds is 2. The van der Waals surface area contributed by atoms with Crippen LogP contribution in [0.3, 0.4) is 0 Å². The third-order valence-corrected chi connectivity index (χ3v) is 2.07. The van der Waals surface area contributed by atoms with E-state index >= 15 is 0 Å². The van der Waals surface area contributed by atoms with E-state index < -0.39 is 0 Å². The van der Waals surface area contributed by atoms with Crippen molar-refractivity contribution in [2.45, 2.75) is 31.7 Å². The highest BCUT2D eigenvalue weighted by atomic mass is 32.1. The van der Waals surface area contributed by atoms with Crippen molar-refractivity contribution in [1.29, 1.82) is 0 Å². The molecule has 5 nitrogen and oxygen atoms in total. The molecule has 0 aromatic heterocycles. The van der Waals surface area contributed by atoms with Gasteiger partial charge in [0.15, 0.2) is 5.11 Å². The number of thiocarbonyl (C=S) groups is 1. The summed E-state index contributed by atoms with van der Waals surface area (Å²) in [6.45, 7) is 0. The van der Waals surface area contributed by atoms with Crippen molar-refractivity contribution in [3.63, 3.8) is 0 Å². The Hall–Kier alpha value is -1.04. The molecular weight excluding hydrogens is 188 g/mol. The van der Waals surface area contributed by atoms with E-state index in [1.54, 1.807) is 0 Å². The van der Waals surface area contributed by atoms with Crippen LogP contribution in [0, 0.1) is 4.91 Å². The Balaban J connectivity index is 2.57. The van der Waals surface area contributed by atoms with Gasteiger partial charge < -0.3 is 5.73 Å². The van der Waals surface area contributed by atoms with E-state index in [0.717, 1.165) is 31.4 Å². The molecule has 0 bridgehead atoms. The molecular formula is C7H12N4OS. The van der Waals surface area contributed by atoms with Crippen LogP contribution in [0.1, 0.15) is 25.7 Å². The number of nitroso groups, excluding NO2 is 1. The summed E-state index contributed by atoms with van der Waals surface area (Å²) < 4.78 is 0. The molecule has 1 saturated carbocycles. The zero-order valence-electron chi connectivity index (χ0n) is 7.19. The molecule has 1 rings (SSSR count). The monoisotopic (exact) mass is 200 g/mol. The molecule has 0 spiro atoms. The SMILES string of the molecule is NC(=S)NN=C1CCCCC1N=O. The Labute approximate surface area is 81.7 Å². The van der Waals surface area contributed by atoms with Gasteiger partial charge in [-0.2, -0.15) is 10.0 Å². The fraction of sp³-hybridized carbons (Fsp3) is 0.714. The van der Waals surface area contributed by atoms with Crippen LogP contribution in [-0.4, -0.2) is 16.9 Å². The molecule has 13 heavy (non-hydrogen) atoms. The van der Waals surface area contributed by atoms with E-state index in [1.807, 2.05) is 0 Å². The molecule has 1 aliphatic rings. The van der Waals surface area contributed by atoms with Crippen LogP contribution in [0.4, 0.5) is 0 Å². The minimum Gasteiger partial charge on any atom is -0.375 e. The number of nitrogens with two attached hydrogens (primary N) is 1. The molecule has 0 aliphatic heterocycles. The van der Waals surface area contributed by atoms with Crippen LogP contribution < -0.4 is 11.2 Å². The Morgan fingerprint density at radius 3 is 3.00 bits per heavy atom. The van der Waals surface area contributed by atoms with Crippen molar-refractivity contribution in [3.05, 3.63) is 4.91 Å². The van der Waals surface area contributed by atoms with Crippen LogP contribution in [-0.2, 0) is 0 Å². The predicted molar refractivity (Wildman–Crippen MR) is 55.4 cm³/mol. The van der Waals surface area contributed by atoms with Crippen LogP contribution in [0.15, 0.2) is 10.3 Å². The van der Waals surface area contributed by atoms with Crippen molar-refractivity contribution in [3.8, 4) is 0 Å². The number of nitrogens with one attached hydrogen (secondary N) is 1. The zero-order chi connectivity index (χ0) is 9.68. The molecule has 3 N–H and O–H groups in total. The van der Waals surface area contributed by atoms with Gasteiger partial charge >= 0.3 is 0 Å². The first-order valence-electron chi connectivity index (χ1n) is 4.18. The van der Waals surface area contributed by atoms with E-state index in [-0.39, 0.29) is 11.2 Å². The minimum atomic E-state index is -0.296. The molecule has 0 heterocycles. The molecule has 1 fully saturated rings. The van der Waals surface area contributed by atoms with Crippen LogP contribution in [0.2, 0.25) is 0 Å². The Morgan fingerprint density at radius 1 is 1.62 bits per heavy atom. The highest BCUT2D eigenvalue weighted by Crippen LogP contribution is 2.17. The molecule has 72 valence electrons. The average Bonchev–Trinajstić information content (AvgIpc) is 2.15. The largest absolute Gasteiger partial charge is 0.375 e. The van der Waals surface area contributed by atoms with Crippen molar-refractivity contribution < 1.29 is 0 Å². The summed E-state index contributed by atoms with van der Waals surface area (Å²) in [4.78, 5) is 10.4. The van der Waals surface area contributed by atoms with Crippen molar-refractivity contribution >= 4 is 23.0 Å². The summed E-state index contributed by atoms with van der Waals surface area (Å²) in [7, 11) is 0. The van der Waals surface area contributed by atoms with Crippen molar-refractivity contribution in [1.82, 2.24) is 5.43 Å². The molecule has 0 aromatic rings. The van der Waals surface area contributed by atoms with E-state index in [9.17, 15) is 4.91 Å². The average molecular weight is 200 g/mol. The maximum atomic E-state index is 10.4. The standard InChI is InChI=1S/C7H12N4OS/c8-7(13)10-9-5-3-1-2-4-6(5)11-12/h6H,1-4H2,(H3,8,10,13). The van der Waals surface area contributed by atoms with E-state index in [2.05, 4.69) is 27.9 Å². The molecule has 0 radical (unpaired) electrons. The number of hydrogen-bond acceptors (Lipinski definition) is 4. The number of hydrazone groups is 1. The van der Waals surface area contributed by atoms with Gasteiger partial charge in [0.05, 0.1) is 5.71 Å². The fourth-order valence-electron chi connectivity index (χ4n) is 1.35. The van der Waals surface area contributed by atoms with Gasteiger partial charge in [-0.1, -0.05) is 11.6 Å². The summed E-state index contributed by atoms with van der Waals surface area (Å²) in [6.07, 6.45) is 3.65. The lowest BCUT2D eigenvalue weighted by atomic mass is 9.94. The van der Waals surface area contributed by atoms with Gasteiger partial charge in [-0.05, 0) is 31.5 Å². The highest BCUT2D eigenvalue weighted by Gasteiger charge is 2.20. The first-order chi connectivity index (χ1) is 6.24. The van der Waals surface area contributed by atoms with Crippen LogP contribution in [0.5, 0.6) is 0 Å². The maximum absolute atomic E-state index is 10.4. The summed E-state index contributed by atoms with van der Waals surface area (Å²) in [5.74, 6) is 0. The van der Waals surface area contributed by atoms with Gasteiger partial charge in [0.2, 0.25) is 0 Å². The molecule has 6 heteroatoms. The first-order valence-corrected chi connectivity index (χ1v) is 4.59. The van der Waals surface area contributed by atoms with Crippen molar-refractivity contribution in [2.24, 2.45) is 16.0 Å². The van der Waals surface area contributed by atoms with Gasteiger partial charge in [0.1, 0.15) is 6.04 Å². The fourth-order valence-corrected chi connectivity index (χ4v) is 1.39. The Morgan fingerprint density at radius 2 is 2.38 bits per heavy atom. The summed E-state index contributed by atoms with van der Waals surface area (Å²) >= 11 is 4.59. The lowest BCUT2D eigenvalue weighted by Crippen LogP contribution is -2.30. The third-order valence-electron chi connectivity index (χ3n) is 1.98. The summed E-state index contributed by atoms with van der Waals surface area (Å²) in [6, 6.07) is -0.296. The molecule has 1 atom stereocenters. The van der Waals surface area contributed by atoms with E-state index in [4.69, 9.17) is 5.73 Å². The van der Waals surface area contributed by atoms with Gasteiger partial charge in [-0.3, -0.25) is 5.43 Å². The van der Waals surface area contributed by atoms with E-state index in [0.29, 0.717) is 0 Å². The number of nitrogens with zero attached hydrogens (tertiary/aromatic N) is 2. The second-order valence-corrected chi connectivity index (χ2v) is 3.39. The summed E-state index contributed by atoms with van der Waals surface area (Å²) in [5.41, 5.74) is 8.44. The van der Waals surface area contributed by atoms with Gasteiger partial charge in [-0.15, -0.1) is 0 Å². The lowest BCUT2D eigenvalue weighted by Gasteiger charge is -2.17. The topological polar surface area (TPSA) is 79.8 Å². The zero-order valence-corrected chi connectivity index (χ0v) is 8.01. The minimum absolute atomic E-state index is 0.114. The quantitative estimate of drug-likeness (QED) is 0.394. The molecule has 1 aliphatic carbocycles. The summed E-state index contributed by atoms with van der Waals surface area (Å²) in [5, 5.41) is 7.06. The second kappa shape index (κ2) is 4.86. The first kappa shape index (κ1) is 10.0. The predicted octanol–water partition coefficient (Wildman–Crippen LogP) is 0.885. The van der Waals surface area contributed by atoms with Gasteiger partial charge in [0, 0.05) is 0 Å². The van der Waals surface area contributed by atoms with Gasteiger partial charge in [0.25, 0.3) is 0 Å². The number of hydrogen-bond donors (Lipinski definition) is 2. The molecule has 0 aromatic carbocycles. The smallest absolute Gasteiger partial charge is 0.184 e. The third kappa shape index (κ3) is 3.06. The Bertz CT molecular complexity index is 241. The van der Waals surface area contributed by atoms with E-state index in [1.165, 1.54) is 0 Å². The van der Waals surface area contributed by atoms with Crippen molar-refractivity contribution in [2.75, 3.05) is 0 Å². The van der Waals surface area contributed by atoms with Gasteiger partial charge in [-0.25, -0.2) is 0 Å². The second-order valence-electron chi connectivity index (χ2n) is 2.95. The maximum Gasteiger partial charge on any atom is 0.184 e. The lowest BCUT2D eigenvalue weighted by molar-refractivity contribution is 0.601. The normalized spacial score (nSPS) is 25.5. The highest BCUT2D eigenvalue weighted by molar-refractivity contribution is 7.80. The Kier molecular flexibility index (Phi) is 3.75. The molecule has 0 amide bonds. The van der Waals surface area contributed by atoms with Crippen LogP contribution >= 0.6 is 12.2 Å².